The van der Waals surface area contributed by atoms with E-state index in [1.165, 1.54) is 23.5 Å². The molecule has 0 spiro atoms. The lowest BCUT2D eigenvalue weighted by molar-refractivity contribution is 0.208. The maximum absolute atomic E-state index is 14.1. The van der Waals surface area contributed by atoms with E-state index in [1.54, 1.807) is 19.2 Å². The molecule has 1 aromatic carbocycles. The van der Waals surface area contributed by atoms with E-state index in [2.05, 4.69) is 36.2 Å². The average Bonchev–Trinajstić information content (AvgIpc) is 3.24. The van der Waals surface area contributed by atoms with Crippen molar-refractivity contribution in [3.63, 3.8) is 0 Å². The van der Waals surface area contributed by atoms with Gasteiger partial charge >= 0.3 is 6.03 Å². The number of benzene rings is 1. The van der Waals surface area contributed by atoms with Crippen molar-refractivity contribution in [2.75, 3.05) is 23.7 Å². The molecule has 5 N–H and O–H groups in total. The number of aliphatic hydroxyl groups excluding tert-OH is 1. The second-order valence-corrected chi connectivity index (χ2v) is 9.07. The van der Waals surface area contributed by atoms with Crippen molar-refractivity contribution in [2.24, 2.45) is 0 Å². The largest absolute Gasteiger partial charge is 0.392 e. The minimum absolute atomic E-state index is 0.123. The Bertz CT molecular complexity index is 1120. The van der Waals surface area contributed by atoms with Crippen molar-refractivity contribution in [1.29, 1.82) is 0 Å². The van der Waals surface area contributed by atoms with Gasteiger partial charge in [-0.25, -0.2) is 24.1 Å². The van der Waals surface area contributed by atoms with E-state index in [0.29, 0.717) is 35.0 Å². The summed E-state index contributed by atoms with van der Waals surface area (Å²) in [5.74, 6) is -0.0860. The van der Waals surface area contributed by atoms with Crippen LogP contribution in [0.3, 0.4) is 0 Å². The molecule has 0 aliphatic heterocycles. The molecule has 0 saturated carbocycles. The van der Waals surface area contributed by atoms with Crippen LogP contribution < -0.4 is 21.3 Å². The molecule has 0 radical (unpaired) electrons. The average molecular weight is 488 g/mol. The second kappa shape index (κ2) is 11.7. The Hall–Kier alpha value is -3.31. The number of carbonyl (C=O) groups excluding carboxylic acids is 1. The van der Waals surface area contributed by atoms with Gasteiger partial charge in [-0.1, -0.05) is 11.3 Å². The number of nitrogens with one attached hydrogen (secondary N) is 4. The smallest absolute Gasteiger partial charge is 0.315 e. The number of hydrogen-bond acceptors (Lipinski definition) is 8. The van der Waals surface area contributed by atoms with Crippen LogP contribution in [-0.4, -0.2) is 51.3 Å². The van der Waals surface area contributed by atoms with Gasteiger partial charge in [0.2, 0.25) is 5.95 Å². The summed E-state index contributed by atoms with van der Waals surface area (Å²) in [4.78, 5) is 26.3. The third kappa shape index (κ3) is 7.09. The molecule has 0 bridgehead atoms. The maximum Gasteiger partial charge on any atom is 0.315 e. The fraction of sp³-hybridized carbons (Fsp3) is 0.391. The van der Waals surface area contributed by atoms with Gasteiger partial charge in [-0.05, 0) is 57.5 Å². The molecular formula is C23H30FN7O2S. The van der Waals surface area contributed by atoms with Crippen molar-refractivity contribution in [1.82, 2.24) is 25.6 Å². The molecule has 182 valence electrons. The number of halogens is 1. The highest BCUT2D eigenvalue weighted by atomic mass is 32.1. The maximum atomic E-state index is 14.1. The van der Waals surface area contributed by atoms with Crippen LogP contribution in [0.25, 0.3) is 21.8 Å². The molecule has 3 rings (SSSR count). The van der Waals surface area contributed by atoms with Crippen molar-refractivity contribution >= 4 is 28.4 Å². The second-order valence-electron chi connectivity index (χ2n) is 8.04. The molecule has 34 heavy (non-hydrogen) atoms. The number of aliphatic hydroxyl groups is 1. The van der Waals surface area contributed by atoms with E-state index in [1.807, 2.05) is 26.8 Å². The Balaban J connectivity index is 2.01. The SMILES string of the molecule is CCNC(=O)NCc1cc(F)ccc1-c1cc(-c2cnc(NC(C)C)s2)nc(NC[C@@H](C)O)n1. The summed E-state index contributed by atoms with van der Waals surface area (Å²) in [5, 5.41) is 22.2. The minimum atomic E-state index is -0.594. The summed E-state index contributed by atoms with van der Waals surface area (Å²) in [6.45, 7) is 8.42. The van der Waals surface area contributed by atoms with Crippen molar-refractivity contribution in [2.45, 2.75) is 46.4 Å². The number of carbonyl (C=O) groups is 1. The van der Waals surface area contributed by atoms with Gasteiger partial charge in [-0.2, -0.15) is 0 Å². The lowest BCUT2D eigenvalue weighted by atomic mass is 10.0. The summed E-state index contributed by atoms with van der Waals surface area (Å²) in [7, 11) is 0. The zero-order valence-corrected chi connectivity index (χ0v) is 20.5. The zero-order valence-electron chi connectivity index (χ0n) is 19.6. The third-order valence-corrected chi connectivity index (χ3v) is 5.52. The molecule has 11 heteroatoms. The first-order valence-corrected chi connectivity index (χ1v) is 11.9. The van der Waals surface area contributed by atoms with E-state index in [4.69, 9.17) is 0 Å². The fourth-order valence-electron chi connectivity index (χ4n) is 3.09. The molecule has 2 aromatic heterocycles. The molecule has 3 aromatic rings. The van der Waals surface area contributed by atoms with Crippen molar-refractivity contribution in [3.05, 3.63) is 41.8 Å². The van der Waals surface area contributed by atoms with E-state index in [9.17, 15) is 14.3 Å². The van der Waals surface area contributed by atoms with Gasteiger partial charge in [0.15, 0.2) is 5.13 Å². The zero-order chi connectivity index (χ0) is 24.7. The van der Waals surface area contributed by atoms with Gasteiger partial charge in [0.05, 0.1) is 22.4 Å². The first-order chi connectivity index (χ1) is 16.2. The molecule has 2 amide bonds. The molecular weight excluding hydrogens is 457 g/mol. The molecule has 1 atom stereocenters. The summed E-state index contributed by atoms with van der Waals surface area (Å²) in [5.41, 5.74) is 2.42. The van der Waals surface area contributed by atoms with Gasteiger partial charge in [0.25, 0.3) is 0 Å². The van der Waals surface area contributed by atoms with Crippen LogP contribution in [0.1, 0.15) is 33.3 Å². The number of thiazole rings is 1. The van der Waals surface area contributed by atoms with Gasteiger partial charge in [0, 0.05) is 37.4 Å². The van der Waals surface area contributed by atoms with Gasteiger partial charge < -0.3 is 26.4 Å². The molecule has 0 aliphatic carbocycles. The molecule has 0 unspecified atom stereocenters. The third-order valence-electron chi connectivity index (χ3n) is 4.57. The molecule has 0 fully saturated rings. The summed E-state index contributed by atoms with van der Waals surface area (Å²) < 4.78 is 14.1. The number of nitrogens with zero attached hydrogens (tertiary/aromatic N) is 3. The van der Waals surface area contributed by atoms with Gasteiger partial charge in [0.1, 0.15) is 5.82 Å². The quantitative estimate of drug-likeness (QED) is 0.294. The molecule has 9 nitrogen and oxygen atoms in total. The monoisotopic (exact) mass is 487 g/mol. The van der Waals surface area contributed by atoms with Crippen LogP contribution in [0.15, 0.2) is 30.5 Å². The number of urea groups is 1. The van der Waals surface area contributed by atoms with Crippen LogP contribution in [0, 0.1) is 5.82 Å². The first-order valence-electron chi connectivity index (χ1n) is 11.1. The predicted octanol–water partition coefficient (Wildman–Crippen LogP) is 3.84. The van der Waals surface area contributed by atoms with E-state index in [-0.39, 0.29) is 25.2 Å². The Labute approximate surface area is 202 Å². The van der Waals surface area contributed by atoms with E-state index in [0.717, 1.165) is 10.0 Å². The lowest BCUT2D eigenvalue weighted by Gasteiger charge is -2.14. The first kappa shape index (κ1) is 25.3. The highest BCUT2D eigenvalue weighted by Gasteiger charge is 2.15. The Morgan fingerprint density at radius 3 is 2.62 bits per heavy atom. The topological polar surface area (TPSA) is 124 Å². The summed E-state index contributed by atoms with van der Waals surface area (Å²) >= 11 is 1.46. The van der Waals surface area contributed by atoms with Crippen LogP contribution >= 0.6 is 11.3 Å². The normalized spacial score (nSPS) is 11.9. The highest BCUT2D eigenvalue weighted by Crippen LogP contribution is 2.32. The molecule has 2 heterocycles. The van der Waals surface area contributed by atoms with Crippen LogP contribution in [0.2, 0.25) is 0 Å². The Morgan fingerprint density at radius 2 is 1.91 bits per heavy atom. The molecule has 0 aliphatic rings. The van der Waals surface area contributed by atoms with E-state index >= 15 is 0 Å². The van der Waals surface area contributed by atoms with Gasteiger partial charge in [-0.15, -0.1) is 0 Å². The summed E-state index contributed by atoms with van der Waals surface area (Å²) in [6, 6.07) is 6.07. The van der Waals surface area contributed by atoms with Crippen LogP contribution in [0.4, 0.5) is 20.3 Å². The fourth-order valence-corrected chi connectivity index (χ4v) is 4.02. The molecule has 0 saturated heterocycles. The lowest BCUT2D eigenvalue weighted by Crippen LogP contribution is -2.34. The van der Waals surface area contributed by atoms with Gasteiger partial charge in [-0.3, -0.25) is 0 Å². The number of amides is 2. The number of anilines is 2. The van der Waals surface area contributed by atoms with Crippen molar-refractivity contribution in [3.8, 4) is 21.8 Å². The Kier molecular flexibility index (Phi) is 8.72. The Morgan fingerprint density at radius 1 is 1.15 bits per heavy atom. The number of rotatable bonds is 10. The summed E-state index contributed by atoms with van der Waals surface area (Å²) in [6.07, 6.45) is 1.14. The van der Waals surface area contributed by atoms with E-state index < -0.39 is 11.9 Å². The standard InChI is InChI=1S/C23H30FN7O2S/c1-5-25-22(33)27-11-15-8-16(24)6-7-17(15)18-9-19(31-21(30-18)26-10-14(4)32)20-12-28-23(34-20)29-13(2)3/h6-9,12-14,32H,5,10-11H2,1-4H3,(H,28,29)(H2,25,27,33)(H,26,30,31)/t14-/m1/s1. The van der Waals surface area contributed by atoms with Crippen molar-refractivity contribution < 1.29 is 14.3 Å². The highest BCUT2D eigenvalue weighted by molar-refractivity contribution is 7.18. The van der Waals surface area contributed by atoms with Crippen LogP contribution in [-0.2, 0) is 6.54 Å². The predicted molar refractivity (Wildman–Crippen MR) is 133 cm³/mol. The van der Waals surface area contributed by atoms with Crippen LogP contribution in [0.5, 0.6) is 0 Å². The number of aromatic nitrogens is 3. The number of hydrogen-bond donors (Lipinski definition) is 5. The minimum Gasteiger partial charge on any atom is -0.392 e.